The predicted octanol–water partition coefficient (Wildman–Crippen LogP) is 2.33. The van der Waals surface area contributed by atoms with Gasteiger partial charge in [0.15, 0.2) is 0 Å². The van der Waals surface area contributed by atoms with Gasteiger partial charge in [-0.2, -0.15) is 4.31 Å². The van der Waals surface area contributed by atoms with Crippen LogP contribution in [0.4, 0.5) is 4.39 Å². The molecule has 0 aliphatic carbocycles. The molecular weight excluding hydrogens is 327 g/mol. The minimum Gasteiger partial charge on any atom is -0.294 e. The monoisotopic (exact) mass is 346 g/mol. The summed E-state index contributed by atoms with van der Waals surface area (Å²) in [5.74, 6) is 0.140. The Morgan fingerprint density at radius 2 is 1.79 bits per heavy atom. The van der Waals surface area contributed by atoms with E-state index in [2.05, 4.69) is 4.90 Å². The van der Waals surface area contributed by atoms with Crippen LogP contribution in [0.3, 0.4) is 0 Å². The van der Waals surface area contributed by atoms with Crippen LogP contribution in [0.1, 0.15) is 5.56 Å². The van der Waals surface area contributed by atoms with Gasteiger partial charge in [-0.25, -0.2) is 12.8 Å². The van der Waals surface area contributed by atoms with Gasteiger partial charge < -0.3 is 0 Å². The second-order valence-electron chi connectivity index (χ2n) is 6.52. The maximum absolute atomic E-state index is 13.3. The molecule has 2 aliphatic rings. The third kappa shape index (κ3) is 2.75. The molecule has 2 aromatic rings. The molecule has 0 saturated carbocycles. The van der Waals surface area contributed by atoms with Crippen LogP contribution in [0.25, 0.3) is 0 Å². The number of likely N-dealkylation sites (tertiary alicyclic amines) is 1. The van der Waals surface area contributed by atoms with Gasteiger partial charge in [-0.3, -0.25) is 4.90 Å². The Balaban J connectivity index is 1.46. The van der Waals surface area contributed by atoms with Gasteiger partial charge in [0.25, 0.3) is 0 Å². The van der Waals surface area contributed by atoms with E-state index in [0.717, 1.165) is 12.1 Å². The molecule has 0 spiro atoms. The maximum atomic E-state index is 13.3. The van der Waals surface area contributed by atoms with E-state index in [-0.39, 0.29) is 11.9 Å². The molecule has 2 fully saturated rings. The van der Waals surface area contributed by atoms with Crippen molar-refractivity contribution in [2.45, 2.75) is 17.5 Å². The zero-order chi connectivity index (χ0) is 16.7. The molecule has 2 aliphatic heterocycles. The van der Waals surface area contributed by atoms with Gasteiger partial charge in [0.05, 0.1) is 4.90 Å². The van der Waals surface area contributed by atoms with Gasteiger partial charge in [-0.15, -0.1) is 0 Å². The molecule has 2 heterocycles. The van der Waals surface area contributed by atoms with Crippen molar-refractivity contribution in [2.75, 3.05) is 19.6 Å². The normalized spacial score (nSPS) is 24.5. The molecule has 0 aromatic heterocycles. The van der Waals surface area contributed by atoms with E-state index in [1.165, 1.54) is 6.07 Å². The molecule has 4 nitrogen and oxygen atoms in total. The highest BCUT2D eigenvalue weighted by Gasteiger charge is 2.48. The third-order valence-electron chi connectivity index (χ3n) is 4.97. The van der Waals surface area contributed by atoms with Crippen molar-refractivity contribution < 1.29 is 12.8 Å². The zero-order valence-electron chi connectivity index (χ0n) is 13.2. The molecule has 2 atom stereocenters. The van der Waals surface area contributed by atoms with E-state index in [1.54, 1.807) is 40.7 Å². The van der Waals surface area contributed by atoms with Gasteiger partial charge in [0.1, 0.15) is 5.82 Å². The van der Waals surface area contributed by atoms with Crippen molar-refractivity contribution in [3.63, 3.8) is 0 Å². The van der Waals surface area contributed by atoms with Crippen LogP contribution in [0.2, 0.25) is 0 Å². The van der Waals surface area contributed by atoms with E-state index in [1.807, 2.05) is 12.1 Å². The topological polar surface area (TPSA) is 40.6 Å². The summed E-state index contributed by atoms with van der Waals surface area (Å²) in [6, 6.07) is 15.4. The third-order valence-corrected chi connectivity index (χ3v) is 6.81. The van der Waals surface area contributed by atoms with Crippen LogP contribution in [0.5, 0.6) is 0 Å². The van der Waals surface area contributed by atoms with Gasteiger partial charge in [-0.1, -0.05) is 30.3 Å². The molecule has 0 unspecified atom stereocenters. The van der Waals surface area contributed by atoms with Crippen molar-refractivity contribution in [3.05, 3.63) is 66.0 Å². The molecular formula is C18H19FN2O2S. The summed E-state index contributed by atoms with van der Waals surface area (Å²) in [4.78, 5) is 2.59. The smallest absolute Gasteiger partial charge is 0.243 e. The first-order valence-electron chi connectivity index (χ1n) is 8.08. The first kappa shape index (κ1) is 15.7. The highest BCUT2D eigenvalue weighted by molar-refractivity contribution is 7.89. The number of hydrogen-bond donors (Lipinski definition) is 0. The van der Waals surface area contributed by atoms with Crippen molar-refractivity contribution in [3.8, 4) is 0 Å². The number of rotatable bonds is 4. The van der Waals surface area contributed by atoms with E-state index < -0.39 is 10.0 Å². The molecule has 0 radical (unpaired) electrons. The van der Waals surface area contributed by atoms with Crippen molar-refractivity contribution in [1.82, 2.24) is 9.21 Å². The summed E-state index contributed by atoms with van der Waals surface area (Å²) < 4.78 is 40.3. The average Bonchev–Trinajstić information content (AvgIpc) is 2.91. The number of benzene rings is 2. The minimum absolute atomic E-state index is 0.228. The van der Waals surface area contributed by atoms with Crippen LogP contribution >= 0.6 is 0 Å². The summed E-state index contributed by atoms with van der Waals surface area (Å²) in [6.07, 6.45) is 0. The van der Waals surface area contributed by atoms with Crippen LogP contribution < -0.4 is 0 Å². The van der Waals surface area contributed by atoms with Crippen LogP contribution in [-0.2, 0) is 16.6 Å². The SMILES string of the molecule is O=S(=O)(c1ccccc1)N1C[C@H]2CN(Cc3cccc(F)c3)[C@H]2C1. The lowest BCUT2D eigenvalue weighted by Gasteiger charge is -2.43. The summed E-state index contributed by atoms with van der Waals surface area (Å²) in [5, 5.41) is 0. The fraction of sp³-hybridized carbons (Fsp3) is 0.333. The predicted molar refractivity (Wildman–Crippen MR) is 89.3 cm³/mol. The van der Waals surface area contributed by atoms with Crippen LogP contribution in [-0.4, -0.2) is 43.3 Å². The summed E-state index contributed by atoms with van der Waals surface area (Å²) in [5.41, 5.74) is 0.929. The highest BCUT2D eigenvalue weighted by atomic mass is 32.2. The van der Waals surface area contributed by atoms with Gasteiger partial charge >= 0.3 is 0 Å². The van der Waals surface area contributed by atoms with E-state index >= 15 is 0 Å². The van der Waals surface area contributed by atoms with Crippen molar-refractivity contribution in [1.29, 1.82) is 0 Å². The van der Waals surface area contributed by atoms with Crippen LogP contribution in [0, 0.1) is 11.7 Å². The second-order valence-corrected chi connectivity index (χ2v) is 8.46. The molecule has 6 heteroatoms. The molecule has 126 valence electrons. The molecule has 2 aromatic carbocycles. The van der Waals surface area contributed by atoms with Crippen LogP contribution in [0.15, 0.2) is 59.5 Å². The maximum Gasteiger partial charge on any atom is 0.243 e. The fourth-order valence-corrected chi connectivity index (χ4v) is 5.23. The quantitative estimate of drug-likeness (QED) is 0.853. The van der Waals surface area contributed by atoms with E-state index in [9.17, 15) is 12.8 Å². The lowest BCUT2D eigenvalue weighted by Crippen LogP contribution is -2.54. The molecule has 4 rings (SSSR count). The molecule has 0 N–H and O–H groups in total. The number of sulfonamides is 1. The van der Waals surface area contributed by atoms with Crippen molar-refractivity contribution >= 4 is 10.0 Å². The Kier molecular flexibility index (Phi) is 3.90. The van der Waals surface area contributed by atoms with Gasteiger partial charge in [-0.05, 0) is 29.8 Å². The second kappa shape index (κ2) is 5.95. The summed E-state index contributed by atoms with van der Waals surface area (Å²) in [6.45, 7) is 2.61. The largest absolute Gasteiger partial charge is 0.294 e. The molecule has 24 heavy (non-hydrogen) atoms. The number of nitrogens with zero attached hydrogens (tertiary/aromatic N) is 2. The Hall–Kier alpha value is -1.76. The summed E-state index contributed by atoms with van der Waals surface area (Å²) in [7, 11) is -3.42. The molecule has 0 bridgehead atoms. The summed E-state index contributed by atoms with van der Waals surface area (Å²) >= 11 is 0. The minimum atomic E-state index is -3.42. The molecule has 2 saturated heterocycles. The number of hydrogen-bond acceptors (Lipinski definition) is 3. The van der Waals surface area contributed by atoms with Gasteiger partial charge in [0.2, 0.25) is 10.0 Å². The standard InChI is InChI=1S/C18H19FN2O2S/c19-16-6-4-5-14(9-16)10-20-11-15-12-21(13-18(15)20)24(22,23)17-7-2-1-3-8-17/h1-9,15,18H,10-13H2/t15-,18+/m1/s1. The number of fused-ring (bicyclic) bond motifs is 1. The number of halogens is 1. The lowest BCUT2D eigenvalue weighted by atomic mass is 9.91. The lowest BCUT2D eigenvalue weighted by molar-refractivity contribution is 0.0434. The fourth-order valence-electron chi connectivity index (χ4n) is 3.70. The Bertz CT molecular complexity index is 841. The van der Waals surface area contributed by atoms with E-state index in [0.29, 0.717) is 30.4 Å². The average molecular weight is 346 g/mol. The molecule has 0 amide bonds. The zero-order valence-corrected chi connectivity index (χ0v) is 14.0. The van der Waals surface area contributed by atoms with Crippen molar-refractivity contribution in [2.24, 2.45) is 5.92 Å². The first-order valence-corrected chi connectivity index (χ1v) is 9.52. The Morgan fingerprint density at radius 1 is 1.00 bits per heavy atom. The van der Waals surface area contributed by atoms with Gasteiger partial charge in [0, 0.05) is 38.1 Å². The Morgan fingerprint density at radius 3 is 2.54 bits per heavy atom. The Labute approximate surface area is 141 Å². The highest BCUT2D eigenvalue weighted by Crippen LogP contribution is 2.36. The van der Waals surface area contributed by atoms with E-state index in [4.69, 9.17) is 0 Å². The first-order chi connectivity index (χ1) is 11.5.